The van der Waals surface area contributed by atoms with Gasteiger partial charge in [-0.25, -0.2) is 0 Å². The maximum absolute atomic E-state index is 12.5. The van der Waals surface area contributed by atoms with Crippen molar-refractivity contribution >= 4 is 28.8 Å². The first-order valence-corrected chi connectivity index (χ1v) is 10.2. The third-order valence-electron chi connectivity index (χ3n) is 4.42. The summed E-state index contributed by atoms with van der Waals surface area (Å²) in [6, 6.07) is 12.8. The van der Waals surface area contributed by atoms with Gasteiger partial charge in [0, 0.05) is 43.6 Å². The van der Waals surface area contributed by atoms with E-state index < -0.39 is 0 Å². The molecular weight excluding hydrogens is 384 g/mol. The van der Waals surface area contributed by atoms with Crippen LogP contribution in [0, 0.1) is 18.3 Å². The predicted molar refractivity (Wildman–Crippen MR) is 114 cm³/mol. The van der Waals surface area contributed by atoms with Gasteiger partial charge in [0.25, 0.3) is 0 Å². The summed E-state index contributed by atoms with van der Waals surface area (Å²) in [6.45, 7) is 6.39. The number of nitrogens with zero attached hydrogens (tertiary/aromatic N) is 2. The SMILES string of the molecule is C=CCN(Cc1ccc(C#N)cc1)C(=O)CCC(=O)CCC(=O)c1ccc(C)s1. The van der Waals surface area contributed by atoms with E-state index in [0.29, 0.717) is 23.5 Å². The molecule has 0 aliphatic carbocycles. The van der Waals surface area contributed by atoms with E-state index in [1.807, 2.05) is 25.1 Å². The first-order chi connectivity index (χ1) is 13.9. The van der Waals surface area contributed by atoms with Gasteiger partial charge in [-0.05, 0) is 36.8 Å². The monoisotopic (exact) mass is 408 g/mol. The van der Waals surface area contributed by atoms with Crippen molar-refractivity contribution in [3.8, 4) is 6.07 Å². The summed E-state index contributed by atoms with van der Waals surface area (Å²) in [5, 5.41) is 8.87. The Hall–Kier alpha value is -3.04. The zero-order valence-corrected chi connectivity index (χ0v) is 17.3. The van der Waals surface area contributed by atoms with Gasteiger partial charge in [0.1, 0.15) is 5.78 Å². The number of benzene rings is 1. The van der Waals surface area contributed by atoms with Crippen LogP contribution < -0.4 is 0 Å². The number of hydrogen-bond donors (Lipinski definition) is 0. The molecule has 0 aliphatic heterocycles. The van der Waals surface area contributed by atoms with Crippen LogP contribution in [0.2, 0.25) is 0 Å². The zero-order chi connectivity index (χ0) is 21.2. The number of carbonyl (C=O) groups excluding carboxylic acids is 3. The maximum Gasteiger partial charge on any atom is 0.223 e. The highest BCUT2D eigenvalue weighted by molar-refractivity contribution is 7.14. The first-order valence-electron chi connectivity index (χ1n) is 9.42. The number of ketones is 2. The zero-order valence-electron chi connectivity index (χ0n) is 16.5. The second kappa shape index (κ2) is 11.1. The van der Waals surface area contributed by atoms with Gasteiger partial charge in [-0.1, -0.05) is 18.2 Å². The summed E-state index contributed by atoms with van der Waals surface area (Å²) < 4.78 is 0. The Kier molecular flexibility index (Phi) is 8.50. The lowest BCUT2D eigenvalue weighted by Crippen LogP contribution is -2.31. The Morgan fingerprint density at radius 1 is 1.07 bits per heavy atom. The highest BCUT2D eigenvalue weighted by Crippen LogP contribution is 2.18. The standard InChI is InChI=1S/C23H24N2O3S/c1-3-14-25(16-19-7-5-18(15-24)6-8-19)23(28)13-10-20(26)9-11-21(27)22-12-4-17(2)29-22/h3-8,12H,1,9-11,13-14,16H2,2H3. The van der Waals surface area contributed by atoms with Crippen molar-refractivity contribution < 1.29 is 14.4 Å². The molecule has 0 atom stereocenters. The molecule has 1 amide bonds. The van der Waals surface area contributed by atoms with Crippen LogP contribution in [0.5, 0.6) is 0 Å². The summed E-state index contributed by atoms with van der Waals surface area (Å²) in [6.07, 6.45) is 2.20. The molecule has 5 nitrogen and oxygen atoms in total. The van der Waals surface area contributed by atoms with Crippen molar-refractivity contribution in [3.63, 3.8) is 0 Å². The molecule has 0 unspecified atom stereocenters. The van der Waals surface area contributed by atoms with E-state index in [4.69, 9.17) is 5.26 Å². The minimum absolute atomic E-state index is 0.0307. The number of carbonyl (C=O) groups is 3. The van der Waals surface area contributed by atoms with Crippen molar-refractivity contribution in [3.05, 3.63) is 69.9 Å². The third-order valence-corrected chi connectivity index (χ3v) is 5.46. The minimum Gasteiger partial charge on any atom is -0.335 e. The van der Waals surface area contributed by atoms with Crippen molar-refractivity contribution in [1.29, 1.82) is 5.26 Å². The largest absolute Gasteiger partial charge is 0.335 e. The lowest BCUT2D eigenvalue weighted by Gasteiger charge is -2.21. The van der Waals surface area contributed by atoms with Gasteiger partial charge in [-0.3, -0.25) is 14.4 Å². The quantitative estimate of drug-likeness (QED) is 0.406. The van der Waals surface area contributed by atoms with Crippen LogP contribution in [0.25, 0.3) is 0 Å². The van der Waals surface area contributed by atoms with Gasteiger partial charge in [0.05, 0.1) is 16.5 Å². The van der Waals surface area contributed by atoms with Crippen LogP contribution >= 0.6 is 11.3 Å². The Balaban J connectivity index is 1.82. The van der Waals surface area contributed by atoms with Gasteiger partial charge in [-0.15, -0.1) is 17.9 Å². The predicted octanol–water partition coefficient (Wildman–Crippen LogP) is 4.46. The highest BCUT2D eigenvalue weighted by atomic mass is 32.1. The summed E-state index contributed by atoms with van der Waals surface area (Å²) >= 11 is 1.43. The number of rotatable bonds is 11. The van der Waals surface area contributed by atoms with Crippen molar-refractivity contribution in [2.24, 2.45) is 0 Å². The molecule has 0 bridgehead atoms. The van der Waals surface area contributed by atoms with Gasteiger partial charge in [-0.2, -0.15) is 5.26 Å². The highest BCUT2D eigenvalue weighted by Gasteiger charge is 2.16. The first kappa shape index (κ1) is 22.3. The molecule has 1 heterocycles. The number of nitriles is 1. The Morgan fingerprint density at radius 3 is 2.34 bits per heavy atom. The lowest BCUT2D eigenvalue weighted by atomic mass is 10.1. The van der Waals surface area contributed by atoms with E-state index >= 15 is 0 Å². The van der Waals surface area contributed by atoms with Gasteiger partial charge in [0.2, 0.25) is 5.91 Å². The molecule has 0 aliphatic rings. The molecule has 0 saturated carbocycles. The number of hydrogen-bond acceptors (Lipinski definition) is 5. The molecule has 1 aromatic carbocycles. The van der Waals surface area contributed by atoms with E-state index in [2.05, 4.69) is 12.6 Å². The average molecular weight is 409 g/mol. The third kappa shape index (κ3) is 7.13. The number of Topliss-reactive ketones (excluding diaryl/α,β-unsaturated/α-hetero) is 2. The molecule has 0 N–H and O–H groups in total. The van der Waals surface area contributed by atoms with Gasteiger partial charge in [0.15, 0.2) is 5.78 Å². The fourth-order valence-corrected chi connectivity index (χ4v) is 3.64. The van der Waals surface area contributed by atoms with E-state index in [-0.39, 0.29) is 43.2 Å². The Labute approximate surface area is 175 Å². The van der Waals surface area contributed by atoms with E-state index in [9.17, 15) is 14.4 Å². The molecule has 0 radical (unpaired) electrons. The lowest BCUT2D eigenvalue weighted by molar-refractivity contribution is -0.133. The molecule has 150 valence electrons. The molecule has 2 rings (SSSR count). The van der Waals surface area contributed by atoms with Crippen LogP contribution in [0.15, 0.2) is 49.1 Å². The fourth-order valence-electron chi connectivity index (χ4n) is 2.81. The summed E-state index contributed by atoms with van der Waals surface area (Å²) in [5.74, 6) is -0.253. The van der Waals surface area contributed by atoms with Crippen LogP contribution in [-0.4, -0.2) is 28.9 Å². The number of aryl methyl sites for hydroxylation is 1. The molecular formula is C23H24N2O3S. The average Bonchev–Trinajstić information content (AvgIpc) is 3.16. The van der Waals surface area contributed by atoms with Crippen LogP contribution in [-0.2, 0) is 16.1 Å². The second-order valence-corrected chi connectivity index (χ2v) is 8.03. The van der Waals surface area contributed by atoms with Crippen LogP contribution in [0.4, 0.5) is 0 Å². The fraction of sp³-hybridized carbons (Fsp3) is 0.304. The summed E-state index contributed by atoms with van der Waals surface area (Å²) in [4.78, 5) is 40.1. The summed E-state index contributed by atoms with van der Waals surface area (Å²) in [7, 11) is 0. The van der Waals surface area contributed by atoms with Gasteiger partial charge >= 0.3 is 0 Å². The maximum atomic E-state index is 12.5. The van der Waals surface area contributed by atoms with E-state index in [0.717, 1.165) is 10.4 Å². The topological polar surface area (TPSA) is 78.2 Å². The molecule has 0 saturated heterocycles. The number of amides is 1. The Bertz CT molecular complexity index is 922. The molecule has 1 aromatic heterocycles. The summed E-state index contributed by atoms with van der Waals surface area (Å²) in [5.41, 5.74) is 1.47. The van der Waals surface area contributed by atoms with Crippen molar-refractivity contribution in [2.45, 2.75) is 39.2 Å². The Morgan fingerprint density at radius 2 is 1.76 bits per heavy atom. The van der Waals surface area contributed by atoms with E-state index in [1.54, 1.807) is 29.2 Å². The van der Waals surface area contributed by atoms with Crippen LogP contribution in [0.3, 0.4) is 0 Å². The molecule has 0 fully saturated rings. The smallest absolute Gasteiger partial charge is 0.223 e. The van der Waals surface area contributed by atoms with Crippen molar-refractivity contribution in [2.75, 3.05) is 6.54 Å². The molecule has 6 heteroatoms. The molecule has 0 spiro atoms. The van der Waals surface area contributed by atoms with E-state index in [1.165, 1.54) is 11.3 Å². The second-order valence-electron chi connectivity index (χ2n) is 6.74. The number of thiophene rings is 1. The minimum atomic E-state index is -0.136. The van der Waals surface area contributed by atoms with Crippen molar-refractivity contribution in [1.82, 2.24) is 4.90 Å². The van der Waals surface area contributed by atoms with Crippen LogP contribution in [0.1, 0.15) is 51.4 Å². The molecule has 2 aromatic rings. The molecule has 29 heavy (non-hydrogen) atoms. The van der Waals surface area contributed by atoms with Gasteiger partial charge < -0.3 is 4.90 Å². The normalized spacial score (nSPS) is 10.2.